The summed E-state index contributed by atoms with van der Waals surface area (Å²) in [6.45, 7) is 5.39. The van der Waals surface area contributed by atoms with Gasteiger partial charge in [0.25, 0.3) is 0 Å². The molecule has 0 aromatic heterocycles. The van der Waals surface area contributed by atoms with Crippen molar-refractivity contribution in [3.05, 3.63) is 34.4 Å². The topological polar surface area (TPSA) is 54.4 Å². The third-order valence-corrected chi connectivity index (χ3v) is 2.66. The number of aryl methyl sites for hydroxylation is 2. The second-order valence-electron chi connectivity index (χ2n) is 3.74. The summed E-state index contributed by atoms with van der Waals surface area (Å²) < 4.78 is 0. The Morgan fingerprint density at radius 1 is 1.33 bits per heavy atom. The zero-order chi connectivity index (χ0) is 11.6. The molecule has 0 aliphatic heterocycles. The molecule has 1 unspecified atom stereocenters. The van der Waals surface area contributed by atoms with E-state index in [2.05, 4.69) is 0 Å². The summed E-state index contributed by atoms with van der Waals surface area (Å²) >= 11 is 0. The number of rotatable bonds is 3. The van der Waals surface area contributed by atoms with E-state index in [0.717, 1.165) is 11.1 Å². The summed E-state index contributed by atoms with van der Waals surface area (Å²) in [5.41, 5.74) is 3.05. The molecule has 1 aromatic carbocycles. The van der Waals surface area contributed by atoms with Gasteiger partial charge in [-0.25, -0.2) is 0 Å². The largest absolute Gasteiger partial charge is 0.481 e. The highest BCUT2D eigenvalue weighted by Gasteiger charge is 2.17. The molecule has 0 radical (unpaired) electrons. The molecule has 1 atom stereocenters. The first-order chi connectivity index (χ1) is 6.97. The first kappa shape index (κ1) is 11.4. The standard InChI is InChI=1S/C12H14O3/c1-7-4-10(6-13)11(5-8(7)2)9(3)12(14)15/h4-6,9H,1-3H3,(H,14,15). The lowest BCUT2D eigenvalue weighted by molar-refractivity contribution is -0.138. The molecule has 1 aromatic rings. The van der Waals surface area contributed by atoms with Gasteiger partial charge in [0.2, 0.25) is 0 Å². The molecular formula is C12H14O3. The van der Waals surface area contributed by atoms with Crippen LogP contribution >= 0.6 is 0 Å². The monoisotopic (exact) mass is 206 g/mol. The molecule has 15 heavy (non-hydrogen) atoms. The van der Waals surface area contributed by atoms with Crippen molar-refractivity contribution in [2.24, 2.45) is 0 Å². The zero-order valence-electron chi connectivity index (χ0n) is 9.07. The highest BCUT2D eigenvalue weighted by molar-refractivity contribution is 5.84. The maximum atomic E-state index is 10.8. The second kappa shape index (κ2) is 4.26. The SMILES string of the molecule is Cc1cc(C=O)c(C(C)C(=O)O)cc1C. The van der Waals surface area contributed by atoms with E-state index in [1.165, 1.54) is 0 Å². The number of carbonyl (C=O) groups excluding carboxylic acids is 1. The number of aldehydes is 1. The highest BCUT2D eigenvalue weighted by Crippen LogP contribution is 2.22. The lowest BCUT2D eigenvalue weighted by Crippen LogP contribution is -2.10. The summed E-state index contributed by atoms with van der Waals surface area (Å²) in [6, 6.07) is 3.51. The Morgan fingerprint density at radius 2 is 1.87 bits per heavy atom. The average molecular weight is 206 g/mol. The van der Waals surface area contributed by atoms with Crippen LogP contribution in [0.2, 0.25) is 0 Å². The number of hydrogen-bond acceptors (Lipinski definition) is 2. The molecule has 0 aliphatic rings. The second-order valence-corrected chi connectivity index (χ2v) is 3.74. The van der Waals surface area contributed by atoms with E-state index < -0.39 is 11.9 Å². The van der Waals surface area contributed by atoms with Gasteiger partial charge in [0.1, 0.15) is 6.29 Å². The third-order valence-electron chi connectivity index (χ3n) is 2.66. The van der Waals surface area contributed by atoms with E-state index in [0.29, 0.717) is 17.4 Å². The predicted molar refractivity (Wildman–Crippen MR) is 57.4 cm³/mol. The van der Waals surface area contributed by atoms with E-state index in [9.17, 15) is 9.59 Å². The maximum absolute atomic E-state index is 10.8. The molecule has 3 nitrogen and oxygen atoms in total. The molecule has 1 rings (SSSR count). The van der Waals surface area contributed by atoms with Crippen LogP contribution in [0.25, 0.3) is 0 Å². The van der Waals surface area contributed by atoms with Crippen molar-refractivity contribution in [3.63, 3.8) is 0 Å². The quantitative estimate of drug-likeness (QED) is 0.772. The van der Waals surface area contributed by atoms with Crippen LogP contribution in [-0.4, -0.2) is 17.4 Å². The van der Waals surface area contributed by atoms with Crippen molar-refractivity contribution >= 4 is 12.3 Å². The lowest BCUT2D eigenvalue weighted by atomic mass is 9.92. The van der Waals surface area contributed by atoms with Crippen molar-refractivity contribution in [2.75, 3.05) is 0 Å². The minimum Gasteiger partial charge on any atom is -0.481 e. The number of aliphatic carboxylic acids is 1. The van der Waals surface area contributed by atoms with E-state index in [1.807, 2.05) is 13.8 Å². The van der Waals surface area contributed by atoms with Gasteiger partial charge in [-0.15, -0.1) is 0 Å². The van der Waals surface area contributed by atoms with Crippen LogP contribution in [-0.2, 0) is 4.79 Å². The first-order valence-electron chi connectivity index (χ1n) is 4.76. The van der Waals surface area contributed by atoms with Gasteiger partial charge in [-0.1, -0.05) is 6.07 Å². The Balaban J connectivity index is 3.33. The highest BCUT2D eigenvalue weighted by atomic mass is 16.4. The van der Waals surface area contributed by atoms with Gasteiger partial charge < -0.3 is 5.11 Å². The van der Waals surface area contributed by atoms with Crippen LogP contribution < -0.4 is 0 Å². The van der Waals surface area contributed by atoms with E-state index in [4.69, 9.17) is 5.11 Å². The van der Waals surface area contributed by atoms with Gasteiger partial charge in [0, 0.05) is 5.56 Å². The molecule has 0 saturated carbocycles. The Morgan fingerprint density at radius 3 is 2.33 bits per heavy atom. The van der Waals surface area contributed by atoms with Crippen LogP contribution in [0.1, 0.15) is 39.9 Å². The Bertz CT molecular complexity index is 408. The minimum atomic E-state index is -0.915. The fourth-order valence-electron chi connectivity index (χ4n) is 1.47. The van der Waals surface area contributed by atoms with Gasteiger partial charge in [-0.3, -0.25) is 9.59 Å². The van der Waals surface area contributed by atoms with Crippen LogP contribution in [0.15, 0.2) is 12.1 Å². The molecule has 80 valence electrons. The fraction of sp³-hybridized carbons (Fsp3) is 0.333. The molecule has 0 saturated heterocycles. The summed E-state index contributed by atoms with van der Waals surface area (Å²) in [5.74, 6) is -1.56. The van der Waals surface area contributed by atoms with Crippen molar-refractivity contribution < 1.29 is 14.7 Å². The molecule has 0 bridgehead atoms. The Kier molecular flexibility index (Phi) is 3.24. The van der Waals surface area contributed by atoms with Crippen LogP contribution in [0.5, 0.6) is 0 Å². The number of benzene rings is 1. The zero-order valence-corrected chi connectivity index (χ0v) is 9.07. The molecule has 0 amide bonds. The molecule has 0 fully saturated rings. The Hall–Kier alpha value is -1.64. The van der Waals surface area contributed by atoms with Crippen molar-refractivity contribution in [2.45, 2.75) is 26.7 Å². The van der Waals surface area contributed by atoms with Crippen molar-refractivity contribution in [1.29, 1.82) is 0 Å². The van der Waals surface area contributed by atoms with Crippen molar-refractivity contribution in [3.8, 4) is 0 Å². The average Bonchev–Trinajstić information content (AvgIpc) is 2.20. The molecule has 0 aliphatic carbocycles. The van der Waals surface area contributed by atoms with Gasteiger partial charge in [-0.05, 0) is 43.5 Å². The van der Waals surface area contributed by atoms with Crippen molar-refractivity contribution in [1.82, 2.24) is 0 Å². The van der Waals surface area contributed by atoms with Gasteiger partial charge >= 0.3 is 5.97 Å². The van der Waals surface area contributed by atoms with Crippen LogP contribution in [0.4, 0.5) is 0 Å². The van der Waals surface area contributed by atoms with E-state index >= 15 is 0 Å². The molecule has 0 spiro atoms. The molecular weight excluding hydrogens is 192 g/mol. The normalized spacial score (nSPS) is 12.2. The van der Waals surface area contributed by atoms with Gasteiger partial charge in [-0.2, -0.15) is 0 Å². The summed E-state index contributed by atoms with van der Waals surface area (Å²) in [7, 11) is 0. The summed E-state index contributed by atoms with van der Waals surface area (Å²) in [4.78, 5) is 21.7. The van der Waals surface area contributed by atoms with Crippen LogP contribution in [0.3, 0.4) is 0 Å². The van der Waals surface area contributed by atoms with Crippen LogP contribution in [0, 0.1) is 13.8 Å². The molecule has 1 N–H and O–H groups in total. The van der Waals surface area contributed by atoms with E-state index in [1.54, 1.807) is 19.1 Å². The first-order valence-corrected chi connectivity index (χ1v) is 4.76. The smallest absolute Gasteiger partial charge is 0.310 e. The Labute approximate surface area is 88.7 Å². The molecule has 3 heteroatoms. The van der Waals surface area contributed by atoms with Gasteiger partial charge in [0.15, 0.2) is 0 Å². The van der Waals surface area contributed by atoms with Gasteiger partial charge in [0.05, 0.1) is 5.92 Å². The number of carboxylic acid groups (broad SMARTS) is 1. The maximum Gasteiger partial charge on any atom is 0.310 e. The summed E-state index contributed by atoms with van der Waals surface area (Å²) in [6.07, 6.45) is 0.710. The minimum absolute atomic E-state index is 0.466. The van der Waals surface area contributed by atoms with E-state index in [-0.39, 0.29) is 0 Å². The number of carboxylic acids is 1. The lowest BCUT2D eigenvalue weighted by Gasteiger charge is -2.12. The summed E-state index contributed by atoms with van der Waals surface area (Å²) in [5, 5.41) is 8.90. The molecule has 0 heterocycles. The predicted octanol–water partition coefficient (Wildman–Crippen LogP) is 2.30. The number of carbonyl (C=O) groups is 2. The fourth-order valence-corrected chi connectivity index (χ4v) is 1.47. The number of hydrogen-bond donors (Lipinski definition) is 1. The third kappa shape index (κ3) is 2.24.